The first kappa shape index (κ1) is 16.2. The molecule has 3 N–H and O–H groups in total. The van der Waals surface area contributed by atoms with E-state index in [0.29, 0.717) is 23.5 Å². The summed E-state index contributed by atoms with van der Waals surface area (Å²) in [5.74, 6) is 1.57. The van der Waals surface area contributed by atoms with Gasteiger partial charge in [0.2, 0.25) is 0 Å². The lowest BCUT2D eigenvalue weighted by atomic mass is 9.71. The average Bonchev–Trinajstić information content (AvgIpc) is 3.07. The highest BCUT2D eigenvalue weighted by Gasteiger charge is 2.31. The third kappa shape index (κ3) is 3.27. The first-order chi connectivity index (χ1) is 12.2. The number of fused-ring (bicyclic) bond motifs is 1. The quantitative estimate of drug-likeness (QED) is 0.674. The number of aromatic amines is 1. The summed E-state index contributed by atoms with van der Waals surface area (Å²) in [6.07, 6.45) is 7.85. The first-order valence-electron chi connectivity index (χ1n) is 9.04. The van der Waals surface area contributed by atoms with E-state index in [2.05, 4.69) is 22.2 Å². The van der Waals surface area contributed by atoms with Gasteiger partial charge in [-0.2, -0.15) is 0 Å². The third-order valence-electron chi connectivity index (χ3n) is 5.58. The number of rotatable bonds is 4. The zero-order chi connectivity index (χ0) is 17.2. The molecule has 1 aliphatic carbocycles. The summed E-state index contributed by atoms with van der Waals surface area (Å²) in [5.41, 5.74) is 3.25. The first-order valence-corrected chi connectivity index (χ1v) is 9.04. The molecule has 3 atom stereocenters. The number of H-pyrrole nitrogens is 1. The zero-order valence-corrected chi connectivity index (χ0v) is 14.2. The summed E-state index contributed by atoms with van der Waals surface area (Å²) in [6.45, 7) is 0.231. The molecular weight excluding hydrogens is 312 g/mol. The van der Waals surface area contributed by atoms with Crippen LogP contribution in [0.2, 0.25) is 0 Å². The van der Waals surface area contributed by atoms with Crippen LogP contribution in [0, 0.1) is 11.8 Å². The van der Waals surface area contributed by atoms with Crippen LogP contribution in [0.1, 0.15) is 36.3 Å². The molecule has 0 spiro atoms. The number of nitrogens with zero attached hydrogens (tertiary/aromatic N) is 1. The molecule has 0 radical (unpaired) electrons. The van der Waals surface area contributed by atoms with Gasteiger partial charge in [-0.05, 0) is 72.8 Å². The molecule has 0 amide bonds. The minimum Gasteiger partial charge on any atom is -0.508 e. The van der Waals surface area contributed by atoms with E-state index in [9.17, 15) is 10.2 Å². The maximum atomic E-state index is 10.1. The number of hydrogen-bond donors (Lipinski definition) is 3. The van der Waals surface area contributed by atoms with Crippen molar-refractivity contribution in [2.24, 2.45) is 11.8 Å². The Kier molecular flexibility index (Phi) is 4.45. The number of phenolic OH excluding ortho intramolecular Hbond substituents is 1. The number of pyridine rings is 1. The molecule has 4 nitrogen and oxygen atoms in total. The van der Waals surface area contributed by atoms with Gasteiger partial charge >= 0.3 is 0 Å². The van der Waals surface area contributed by atoms with Gasteiger partial charge in [0, 0.05) is 24.4 Å². The Bertz CT molecular complexity index is 858. The summed E-state index contributed by atoms with van der Waals surface area (Å²) < 4.78 is 0. The Labute approximate surface area is 147 Å². The van der Waals surface area contributed by atoms with E-state index in [0.717, 1.165) is 36.9 Å². The van der Waals surface area contributed by atoms with Crippen molar-refractivity contribution in [3.05, 3.63) is 59.9 Å². The summed E-state index contributed by atoms with van der Waals surface area (Å²) in [6, 6.07) is 11.7. The fourth-order valence-electron chi connectivity index (χ4n) is 4.44. The molecule has 1 saturated carbocycles. The summed E-state index contributed by atoms with van der Waals surface area (Å²) >= 11 is 0. The number of nitrogens with one attached hydrogen (secondary N) is 1. The van der Waals surface area contributed by atoms with Crippen molar-refractivity contribution in [1.29, 1.82) is 0 Å². The van der Waals surface area contributed by atoms with Gasteiger partial charge in [0.25, 0.3) is 0 Å². The lowest BCUT2D eigenvalue weighted by Crippen LogP contribution is -2.25. The van der Waals surface area contributed by atoms with Gasteiger partial charge in [-0.1, -0.05) is 18.2 Å². The number of hydrogen-bond acceptors (Lipinski definition) is 3. The Morgan fingerprint density at radius 1 is 1.04 bits per heavy atom. The molecule has 2 unspecified atom stereocenters. The van der Waals surface area contributed by atoms with Crippen LogP contribution in [0.15, 0.2) is 48.8 Å². The van der Waals surface area contributed by atoms with Crippen molar-refractivity contribution < 1.29 is 10.2 Å². The number of aromatic nitrogens is 2. The Balaban J connectivity index is 1.59. The van der Waals surface area contributed by atoms with E-state index in [1.165, 1.54) is 10.9 Å². The molecule has 1 aromatic carbocycles. The monoisotopic (exact) mass is 336 g/mol. The second-order valence-electron chi connectivity index (χ2n) is 7.30. The lowest BCUT2D eigenvalue weighted by molar-refractivity contribution is 0.147. The number of aliphatic hydroxyl groups is 1. The van der Waals surface area contributed by atoms with E-state index in [4.69, 9.17) is 0 Å². The number of benzene rings is 1. The van der Waals surface area contributed by atoms with Crippen LogP contribution in [0.3, 0.4) is 0 Å². The van der Waals surface area contributed by atoms with E-state index in [-0.39, 0.29) is 6.61 Å². The van der Waals surface area contributed by atoms with Crippen LogP contribution in [-0.4, -0.2) is 26.8 Å². The second kappa shape index (κ2) is 6.89. The molecule has 3 aromatic rings. The van der Waals surface area contributed by atoms with Gasteiger partial charge in [0.05, 0.1) is 0 Å². The maximum absolute atomic E-state index is 10.1. The molecule has 0 saturated heterocycles. The number of phenols is 1. The smallest absolute Gasteiger partial charge is 0.137 e. The predicted molar refractivity (Wildman–Crippen MR) is 98.6 cm³/mol. The minimum atomic E-state index is 0.231. The third-order valence-corrected chi connectivity index (χ3v) is 5.58. The topological polar surface area (TPSA) is 69.1 Å². The highest BCUT2D eigenvalue weighted by Crippen LogP contribution is 2.43. The van der Waals surface area contributed by atoms with Crippen LogP contribution < -0.4 is 0 Å². The molecule has 2 aromatic heterocycles. The Hall–Kier alpha value is -2.33. The van der Waals surface area contributed by atoms with Crippen LogP contribution in [0.25, 0.3) is 11.0 Å². The predicted octanol–water partition coefficient (Wildman–Crippen LogP) is 4.00. The number of para-hydroxylation sites is 1. The van der Waals surface area contributed by atoms with Gasteiger partial charge in [-0.3, -0.25) is 0 Å². The van der Waals surface area contributed by atoms with Crippen molar-refractivity contribution in [3.63, 3.8) is 0 Å². The fraction of sp³-hybridized carbons (Fsp3) is 0.381. The van der Waals surface area contributed by atoms with Crippen LogP contribution in [0.5, 0.6) is 5.75 Å². The molecule has 4 rings (SSSR count). The standard InChI is InChI=1S/C21H24N2O2/c24-13-15-8-14(9-16-4-1-2-6-20(16)25)10-17(11-15)19-12-23-21-18(19)5-3-7-22-21/h1-7,12,14-15,17,24-25H,8-11,13H2,(H,22,23)/t14?,15-,17?/m1/s1. The fourth-order valence-corrected chi connectivity index (χ4v) is 4.44. The van der Waals surface area contributed by atoms with Crippen molar-refractivity contribution in [2.45, 2.75) is 31.6 Å². The van der Waals surface area contributed by atoms with E-state index in [1.54, 1.807) is 12.3 Å². The summed E-state index contributed by atoms with van der Waals surface area (Å²) in [5, 5.41) is 21.1. The molecule has 4 heteroatoms. The summed E-state index contributed by atoms with van der Waals surface area (Å²) in [4.78, 5) is 7.67. The highest BCUT2D eigenvalue weighted by molar-refractivity contribution is 5.80. The number of aliphatic hydroxyl groups excluding tert-OH is 1. The van der Waals surface area contributed by atoms with Crippen molar-refractivity contribution in [2.75, 3.05) is 6.61 Å². The molecule has 1 aliphatic rings. The van der Waals surface area contributed by atoms with Crippen LogP contribution in [0.4, 0.5) is 0 Å². The van der Waals surface area contributed by atoms with Crippen LogP contribution in [-0.2, 0) is 6.42 Å². The SMILES string of the molecule is OC[C@@H]1CC(Cc2ccccc2O)CC(c2c[nH]c3ncccc23)C1. The van der Waals surface area contributed by atoms with Crippen LogP contribution >= 0.6 is 0 Å². The van der Waals surface area contributed by atoms with Crippen molar-refractivity contribution >= 4 is 11.0 Å². The summed E-state index contributed by atoms with van der Waals surface area (Å²) in [7, 11) is 0. The molecule has 2 heterocycles. The lowest BCUT2D eigenvalue weighted by Gasteiger charge is -2.34. The van der Waals surface area contributed by atoms with E-state index in [1.807, 2.05) is 24.3 Å². The van der Waals surface area contributed by atoms with Crippen molar-refractivity contribution in [1.82, 2.24) is 9.97 Å². The van der Waals surface area contributed by atoms with E-state index >= 15 is 0 Å². The second-order valence-corrected chi connectivity index (χ2v) is 7.30. The van der Waals surface area contributed by atoms with Gasteiger partial charge in [0.15, 0.2) is 0 Å². The average molecular weight is 336 g/mol. The highest BCUT2D eigenvalue weighted by atomic mass is 16.3. The van der Waals surface area contributed by atoms with Gasteiger partial charge in [-0.25, -0.2) is 4.98 Å². The number of aromatic hydroxyl groups is 1. The molecule has 25 heavy (non-hydrogen) atoms. The normalized spacial score (nSPS) is 23.8. The molecule has 1 fully saturated rings. The van der Waals surface area contributed by atoms with Gasteiger partial charge in [0.1, 0.15) is 11.4 Å². The molecular formula is C21H24N2O2. The van der Waals surface area contributed by atoms with Crippen molar-refractivity contribution in [3.8, 4) is 5.75 Å². The van der Waals surface area contributed by atoms with Gasteiger partial charge in [-0.15, -0.1) is 0 Å². The Morgan fingerprint density at radius 3 is 2.72 bits per heavy atom. The molecule has 0 aliphatic heterocycles. The largest absolute Gasteiger partial charge is 0.508 e. The maximum Gasteiger partial charge on any atom is 0.137 e. The Morgan fingerprint density at radius 2 is 1.88 bits per heavy atom. The van der Waals surface area contributed by atoms with Gasteiger partial charge < -0.3 is 15.2 Å². The molecule has 130 valence electrons. The zero-order valence-electron chi connectivity index (χ0n) is 14.2. The molecule has 0 bridgehead atoms. The van der Waals surface area contributed by atoms with E-state index < -0.39 is 0 Å². The minimum absolute atomic E-state index is 0.231.